The van der Waals surface area contributed by atoms with Gasteiger partial charge in [-0.05, 0) is 31.9 Å². The Bertz CT molecular complexity index is 444. The van der Waals surface area contributed by atoms with Crippen LogP contribution in [0.25, 0.3) is 0 Å². The van der Waals surface area contributed by atoms with Crippen molar-refractivity contribution in [2.75, 3.05) is 39.7 Å². The summed E-state index contributed by atoms with van der Waals surface area (Å²) in [6, 6.07) is 0.373. The molecule has 2 fully saturated rings. The third-order valence-corrected chi connectivity index (χ3v) is 7.70. The molecule has 0 radical (unpaired) electrons. The zero-order valence-corrected chi connectivity index (χ0v) is 17.0. The number of methoxy groups -OCH3 is 1. The summed E-state index contributed by atoms with van der Waals surface area (Å²) in [6.07, 6.45) is 3.21. The first-order valence-corrected chi connectivity index (χ1v) is 10.0. The van der Waals surface area contributed by atoms with Gasteiger partial charge in [0.2, 0.25) is 0 Å². The molecule has 0 bridgehead atoms. The van der Waals surface area contributed by atoms with E-state index in [-0.39, 0.29) is 15.8 Å². The summed E-state index contributed by atoms with van der Waals surface area (Å²) in [5.41, 5.74) is 0.0113. The Kier molecular flexibility index (Phi) is 6.48. The number of nitrogens with one attached hydrogen (secondary N) is 2. The van der Waals surface area contributed by atoms with Gasteiger partial charge in [-0.15, -0.1) is 0 Å². The average molecular weight is 358 g/mol. The maximum absolute atomic E-state index is 5.72. The van der Waals surface area contributed by atoms with E-state index in [0.717, 1.165) is 50.7 Å². The molecule has 6 heteroatoms. The minimum absolute atomic E-state index is 0.0660. The van der Waals surface area contributed by atoms with Crippen LogP contribution in [0.4, 0.5) is 0 Å². The molecule has 5 nitrogen and oxygen atoms in total. The zero-order valence-electron chi connectivity index (χ0n) is 16.2. The van der Waals surface area contributed by atoms with Crippen molar-refractivity contribution < 1.29 is 9.47 Å². The number of nitrogens with zero attached hydrogens (tertiary/aromatic N) is 1. The van der Waals surface area contributed by atoms with E-state index in [2.05, 4.69) is 43.3 Å². The van der Waals surface area contributed by atoms with Crippen LogP contribution in [0, 0.1) is 5.41 Å². The van der Waals surface area contributed by atoms with Crippen molar-refractivity contribution in [2.45, 2.75) is 63.3 Å². The van der Waals surface area contributed by atoms with Gasteiger partial charge < -0.3 is 20.1 Å². The zero-order chi connectivity index (χ0) is 17.8. The van der Waals surface area contributed by atoms with E-state index < -0.39 is 0 Å². The van der Waals surface area contributed by atoms with Crippen molar-refractivity contribution in [2.24, 2.45) is 10.4 Å². The summed E-state index contributed by atoms with van der Waals surface area (Å²) < 4.78 is 11.5. The molecular formula is C18H35N3O2S. The Morgan fingerprint density at radius 2 is 1.96 bits per heavy atom. The number of hydrogen-bond donors (Lipinski definition) is 2. The second-order valence-electron chi connectivity index (χ2n) is 7.71. The van der Waals surface area contributed by atoms with Gasteiger partial charge in [0, 0.05) is 50.1 Å². The number of guanidine groups is 1. The molecule has 1 saturated carbocycles. The van der Waals surface area contributed by atoms with Gasteiger partial charge in [-0.1, -0.05) is 20.8 Å². The molecular weight excluding hydrogens is 322 g/mol. The van der Waals surface area contributed by atoms with Crippen LogP contribution in [0.2, 0.25) is 0 Å². The first-order chi connectivity index (χ1) is 11.3. The number of ether oxygens (including phenoxy) is 2. The minimum Gasteiger partial charge on any atom is -0.381 e. The molecule has 1 heterocycles. The lowest BCUT2D eigenvalue weighted by atomic mass is 9.56. The SMILES string of the molecule is CCSC1(CNC(=NC)NC2CC(C)(OC)C2(C)C)CCOCC1. The maximum atomic E-state index is 5.72. The van der Waals surface area contributed by atoms with Crippen molar-refractivity contribution in [1.82, 2.24) is 10.6 Å². The molecule has 0 aromatic heterocycles. The van der Waals surface area contributed by atoms with E-state index in [4.69, 9.17) is 9.47 Å². The number of rotatable bonds is 6. The van der Waals surface area contributed by atoms with Gasteiger partial charge in [-0.2, -0.15) is 11.8 Å². The average Bonchev–Trinajstić information content (AvgIpc) is 2.58. The first-order valence-electron chi connectivity index (χ1n) is 9.06. The summed E-state index contributed by atoms with van der Waals surface area (Å²) in [5.74, 6) is 2.03. The van der Waals surface area contributed by atoms with Crippen molar-refractivity contribution in [3.05, 3.63) is 0 Å². The number of hydrogen-bond acceptors (Lipinski definition) is 4. The summed E-state index contributed by atoms with van der Waals surface area (Å²) in [6.45, 7) is 11.6. The predicted octanol–water partition coefficient (Wildman–Crippen LogP) is 2.66. The Balaban J connectivity index is 1.91. The molecule has 0 spiro atoms. The standard InChI is InChI=1S/C18H35N3O2S/c1-7-24-18(8-10-23-11-9-18)13-20-15(19-5)21-14-12-17(4,22-6)16(14,2)3/h14H,7-13H2,1-6H3,(H2,19,20,21). The molecule has 0 aromatic rings. The summed E-state index contributed by atoms with van der Waals surface area (Å²) >= 11 is 2.05. The highest BCUT2D eigenvalue weighted by Crippen LogP contribution is 2.51. The molecule has 2 aliphatic rings. The Morgan fingerprint density at radius 3 is 2.46 bits per heavy atom. The van der Waals surface area contributed by atoms with Gasteiger partial charge in [-0.3, -0.25) is 4.99 Å². The van der Waals surface area contributed by atoms with Crippen molar-refractivity contribution in [1.29, 1.82) is 0 Å². The normalized spacial score (nSPS) is 32.1. The molecule has 2 rings (SSSR count). The second kappa shape index (κ2) is 7.83. The van der Waals surface area contributed by atoms with Gasteiger partial charge >= 0.3 is 0 Å². The molecule has 140 valence electrons. The van der Waals surface area contributed by atoms with Crippen LogP contribution >= 0.6 is 11.8 Å². The third-order valence-electron chi connectivity index (χ3n) is 6.25. The molecule has 2 atom stereocenters. The number of thioether (sulfide) groups is 1. The van der Waals surface area contributed by atoms with Gasteiger partial charge in [0.1, 0.15) is 0 Å². The highest BCUT2D eigenvalue weighted by Gasteiger charge is 2.58. The van der Waals surface area contributed by atoms with Crippen molar-refractivity contribution in [3.63, 3.8) is 0 Å². The monoisotopic (exact) mass is 357 g/mol. The molecule has 0 aromatic carbocycles. The lowest BCUT2D eigenvalue weighted by Gasteiger charge is -2.59. The van der Waals surface area contributed by atoms with Crippen molar-refractivity contribution in [3.8, 4) is 0 Å². The van der Waals surface area contributed by atoms with Gasteiger partial charge in [-0.25, -0.2) is 0 Å². The van der Waals surface area contributed by atoms with Crippen LogP contribution in [0.5, 0.6) is 0 Å². The lowest BCUT2D eigenvalue weighted by Crippen LogP contribution is -2.69. The predicted molar refractivity (Wildman–Crippen MR) is 103 cm³/mol. The van der Waals surface area contributed by atoms with Crippen LogP contribution in [-0.4, -0.2) is 62.0 Å². The minimum atomic E-state index is -0.0660. The molecule has 1 saturated heterocycles. The quantitative estimate of drug-likeness (QED) is 0.565. The highest BCUT2D eigenvalue weighted by molar-refractivity contribution is 8.00. The molecule has 24 heavy (non-hydrogen) atoms. The lowest BCUT2D eigenvalue weighted by molar-refractivity contribution is -0.176. The summed E-state index contributed by atoms with van der Waals surface area (Å²) in [4.78, 5) is 4.44. The van der Waals surface area contributed by atoms with Crippen LogP contribution in [0.1, 0.15) is 47.0 Å². The van der Waals surface area contributed by atoms with Crippen LogP contribution < -0.4 is 10.6 Å². The van der Waals surface area contributed by atoms with Crippen LogP contribution in [-0.2, 0) is 9.47 Å². The summed E-state index contributed by atoms with van der Waals surface area (Å²) in [5, 5.41) is 7.17. The largest absolute Gasteiger partial charge is 0.381 e. The van der Waals surface area contributed by atoms with Gasteiger partial charge in [0.05, 0.1) is 5.60 Å². The number of aliphatic imine (C=N–C) groups is 1. The van der Waals surface area contributed by atoms with Gasteiger partial charge in [0.25, 0.3) is 0 Å². The molecule has 2 N–H and O–H groups in total. The van der Waals surface area contributed by atoms with Crippen molar-refractivity contribution >= 4 is 17.7 Å². The fraction of sp³-hybridized carbons (Fsp3) is 0.944. The molecule has 1 aliphatic heterocycles. The third kappa shape index (κ3) is 3.86. The Labute approximate surface area is 151 Å². The molecule has 0 amide bonds. The van der Waals surface area contributed by atoms with Crippen LogP contribution in [0.15, 0.2) is 4.99 Å². The summed E-state index contributed by atoms with van der Waals surface area (Å²) in [7, 11) is 3.65. The maximum Gasteiger partial charge on any atom is 0.191 e. The smallest absolute Gasteiger partial charge is 0.191 e. The Morgan fingerprint density at radius 1 is 1.29 bits per heavy atom. The second-order valence-corrected chi connectivity index (χ2v) is 9.44. The van der Waals surface area contributed by atoms with E-state index in [9.17, 15) is 0 Å². The van der Waals surface area contributed by atoms with E-state index in [1.54, 1.807) is 0 Å². The van der Waals surface area contributed by atoms with E-state index in [0.29, 0.717) is 6.04 Å². The fourth-order valence-electron chi connectivity index (χ4n) is 3.75. The van der Waals surface area contributed by atoms with Gasteiger partial charge in [0.15, 0.2) is 5.96 Å². The van der Waals surface area contributed by atoms with E-state index in [1.807, 2.05) is 25.9 Å². The van der Waals surface area contributed by atoms with E-state index in [1.165, 1.54) is 0 Å². The first kappa shape index (κ1) is 19.9. The molecule has 1 aliphatic carbocycles. The van der Waals surface area contributed by atoms with Crippen LogP contribution in [0.3, 0.4) is 0 Å². The van der Waals surface area contributed by atoms with E-state index >= 15 is 0 Å². The Hall–Kier alpha value is -0.460. The molecule has 2 unspecified atom stereocenters. The topological polar surface area (TPSA) is 54.9 Å². The fourth-order valence-corrected chi connectivity index (χ4v) is 4.99. The highest BCUT2D eigenvalue weighted by atomic mass is 32.2.